The number of pyridine rings is 2. The molecule has 19 nitrogen and oxygen atoms in total. The van der Waals surface area contributed by atoms with Crippen molar-refractivity contribution in [3.8, 4) is 0 Å². The van der Waals surface area contributed by atoms with Crippen LogP contribution in [0.2, 0.25) is 0 Å². The van der Waals surface area contributed by atoms with Gasteiger partial charge in [-0.3, -0.25) is 19.6 Å². The SMILES string of the molecule is C/C(=N/NC(=O)c1ccncc1)C(=O)[O-].C/C(=N/NC(=O)c1ccncc1)C(=O)[O-].O.O.O.O.O.O.O.[Ca+2]. The van der Waals surface area contributed by atoms with Crippen LogP contribution in [0.1, 0.15) is 34.6 Å². The molecule has 2 amide bonds. The molecule has 0 aliphatic carbocycles. The van der Waals surface area contributed by atoms with Crippen molar-refractivity contribution >= 4 is 72.9 Å². The van der Waals surface area contributed by atoms with Gasteiger partial charge in [-0.2, -0.15) is 10.2 Å². The number of carbonyl (C=O) groups is 4. The van der Waals surface area contributed by atoms with E-state index in [1.54, 1.807) is 0 Å². The summed E-state index contributed by atoms with van der Waals surface area (Å²) in [6.45, 7) is 2.45. The quantitative estimate of drug-likeness (QED) is 0.188. The second kappa shape index (κ2) is 29.7. The molecule has 0 radical (unpaired) electrons. The Balaban J connectivity index is -0.0000000652. The van der Waals surface area contributed by atoms with E-state index in [4.69, 9.17) is 0 Å². The van der Waals surface area contributed by atoms with Crippen molar-refractivity contribution in [2.45, 2.75) is 13.8 Å². The predicted octanol–water partition coefficient (Wildman–Crippen LogP) is -8.28. The van der Waals surface area contributed by atoms with E-state index in [1.807, 2.05) is 0 Å². The van der Waals surface area contributed by atoms with Crippen molar-refractivity contribution < 1.29 is 67.7 Å². The van der Waals surface area contributed by atoms with Gasteiger partial charge in [0.15, 0.2) is 0 Å². The summed E-state index contributed by atoms with van der Waals surface area (Å²) in [4.78, 5) is 50.6. The van der Waals surface area contributed by atoms with E-state index in [0.29, 0.717) is 11.1 Å². The van der Waals surface area contributed by atoms with Crippen LogP contribution in [0, 0.1) is 0 Å². The second-order valence-corrected chi connectivity index (χ2v) is 5.32. The number of carboxylic acid groups (broad SMARTS) is 2. The van der Waals surface area contributed by atoms with Crippen molar-refractivity contribution in [1.29, 1.82) is 0 Å². The fourth-order valence-corrected chi connectivity index (χ4v) is 1.50. The summed E-state index contributed by atoms with van der Waals surface area (Å²) in [7, 11) is 0. The van der Waals surface area contributed by atoms with Gasteiger partial charge in [0.05, 0.1) is 23.4 Å². The van der Waals surface area contributed by atoms with Gasteiger partial charge < -0.3 is 58.1 Å². The van der Waals surface area contributed by atoms with E-state index >= 15 is 0 Å². The minimum atomic E-state index is -1.43. The number of amides is 2. The second-order valence-electron chi connectivity index (χ2n) is 5.32. The smallest absolute Gasteiger partial charge is 0.543 e. The number of carbonyl (C=O) groups excluding carboxylic acids is 4. The molecule has 0 fully saturated rings. The molecule has 0 unspecified atom stereocenters. The maximum Gasteiger partial charge on any atom is 2.00 e. The Kier molecular flexibility index (Phi) is 43.1. The van der Waals surface area contributed by atoms with E-state index in [9.17, 15) is 29.4 Å². The van der Waals surface area contributed by atoms with Crippen molar-refractivity contribution in [2.75, 3.05) is 0 Å². The first-order valence-electron chi connectivity index (χ1n) is 8.14. The molecule has 212 valence electrons. The van der Waals surface area contributed by atoms with Crippen LogP contribution in [-0.4, -0.2) is 121 Å². The molecule has 0 spiro atoms. The van der Waals surface area contributed by atoms with Crippen molar-refractivity contribution in [3.05, 3.63) is 60.2 Å². The van der Waals surface area contributed by atoms with Crippen molar-refractivity contribution in [2.24, 2.45) is 10.2 Å². The van der Waals surface area contributed by atoms with E-state index in [1.165, 1.54) is 62.9 Å². The van der Waals surface area contributed by atoms with Crippen LogP contribution in [0.25, 0.3) is 0 Å². The van der Waals surface area contributed by atoms with Gasteiger partial charge in [-0.15, -0.1) is 0 Å². The zero-order chi connectivity index (χ0) is 22.5. The Morgan fingerprint density at radius 1 is 0.605 bits per heavy atom. The molecule has 2 aromatic heterocycles. The summed E-state index contributed by atoms with van der Waals surface area (Å²) in [5.74, 6) is -3.86. The monoisotopic (exact) mass is 578 g/mol. The zero-order valence-corrected chi connectivity index (χ0v) is 22.3. The molecular formula is C18H30CaN6O13. The van der Waals surface area contributed by atoms with Gasteiger partial charge in [-0.05, 0) is 38.1 Å². The third-order valence-corrected chi connectivity index (χ3v) is 3.13. The molecule has 0 saturated carbocycles. The maximum atomic E-state index is 11.3. The molecule has 2 rings (SSSR count). The van der Waals surface area contributed by atoms with E-state index in [-0.39, 0.29) is 87.5 Å². The first-order chi connectivity index (χ1) is 14.2. The first-order valence-corrected chi connectivity index (χ1v) is 8.14. The number of hydrazone groups is 2. The molecule has 2 aromatic rings. The van der Waals surface area contributed by atoms with Crippen LogP contribution in [0.5, 0.6) is 0 Å². The minimum absolute atomic E-state index is 0. The normalized spacial score (nSPS) is 8.58. The Hall–Kier alpha value is -3.50. The Morgan fingerprint density at radius 3 is 1.05 bits per heavy atom. The molecule has 0 bridgehead atoms. The number of aliphatic carboxylic acids is 2. The van der Waals surface area contributed by atoms with E-state index in [0.717, 1.165) is 0 Å². The van der Waals surface area contributed by atoms with Crippen LogP contribution >= 0.6 is 0 Å². The molecule has 0 aromatic carbocycles. The molecule has 38 heavy (non-hydrogen) atoms. The summed E-state index contributed by atoms with van der Waals surface area (Å²) in [6, 6.07) is 5.94. The summed E-state index contributed by atoms with van der Waals surface area (Å²) in [5.41, 5.74) is 4.27. The molecular weight excluding hydrogens is 548 g/mol. The molecule has 2 heterocycles. The van der Waals surface area contributed by atoms with Crippen LogP contribution in [-0.2, 0) is 9.59 Å². The molecule has 0 aliphatic heterocycles. The average Bonchev–Trinajstić information content (AvgIpc) is 2.76. The van der Waals surface area contributed by atoms with Gasteiger partial charge in [-0.1, -0.05) is 0 Å². The topological polar surface area (TPSA) is 409 Å². The van der Waals surface area contributed by atoms with Gasteiger partial charge >= 0.3 is 37.7 Å². The number of nitrogens with one attached hydrogen (secondary N) is 2. The summed E-state index contributed by atoms with van der Waals surface area (Å²) < 4.78 is 0. The fraction of sp³-hybridized carbons (Fsp3) is 0.111. The van der Waals surface area contributed by atoms with Crippen molar-refractivity contribution in [1.82, 2.24) is 20.8 Å². The molecule has 0 atom stereocenters. The number of rotatable bonds is 6. The van der Waals surface area contributed by atoms with Crippen LogP contribution in [0.3, 0.4) is 0 Å². The number of hydrogen-bond acceptors (Lipinski definition) is 10. The predicted molar refractivity (Wildman–Crippen MR) is 131 cm³/mol. The Labute approximate surface area is 244 Å². The number of hydrogen-bond donors (Lipinski definition) is 2. The van der Waals surface area contributed by atoms with Crippen LogP contribution in [0.15, 0.2) is 59.3 Å². The number of aromatic nitrogens is 2. The first kappa shape index (κ1) is 55.1. The average molecular weight is 579 g/mol. The summed E-state index contributed by atoms with van der Waals surface area (Å²) >= 11 is 0. The largest absolute Gasteiger partial charge is 2.00 e. The van der Waals surface area contributed by atoms with Gasteiger partial charge in [-0.25, -0.2) is 10.9 Å². The third kappa shape index (κ3) is 21.8. The summed E-state index contributed by atoms with van der Waals surface area (Å²) in [5, 5.41) is 27.2. The number of nitrogens with zero attached hydrogens (tertiary/aromatic N) is 4. The van der Waals surface area contributed by atoms with Gasteiger partial charge in [0.1, 0.15) is 0 Å². The third-order valence-electron chi connectivity index (χ3n) is 3.13. The van der Waals surface area contributed by atoms with Crippen LogP contribution in [0.4, 0.5) is 0 Å². The zero-order valence-electron chi connectivity index (χ0n) is 20.1. The molecule has 20 heteroatoms. The summed E-state index contributed by atoms with van der Waals surface area (Å²) in [6.07, 6.45) is 5.79. The van der Waals surface area contributed by atoms with E-state index < -0.39 is 23.8 Å². The molecule has 0 aliphatic rings. The molecule has 16 N–H and O–H groups in total. The van der Waals surface area contributed by atoms with E-state index in [2.05, 4.69) is 31.0 Å². The minimum Gasteiger partial charge on any atom is -0.543 e. The number of carboxylic acids is 2. The van der Waals surface area contributed by atoms with Gasteiger partial charge in [0, 0.05) is 35.9 Å². The van der Waals surface area contributed by atoms with Gasteiger partial charge in [0.25, 0.3) is 11.8 Å². The Morgan fingerprint density at radius 2 is 0.842 bits per heavy atom. The van der Waals surface area contributed by atoms with Crippen LogP contribution < -0.4 is 21.1 Å². The standard InChI is InChI=1S/2C9H9N3O3.Ca.7H2O/c2*1-6(9(14)15)11-12-8(13)7-2-4-10-5-3-7;;;;;;;;/h2*2-5H,1H3,(H,12,13)(H,14,15);;7*1H2/q;;+2;;;;;;;/p-2/b2*11-6-;;;;;;;;. The Bertz CT molecular complexity index is 900. The van der Waals surface area contributed by atoms with Gasteiger partial charge in [0.2, 0.25) is 0 Å². The van der Waals surface area contributed by atoms with Crippen molar-refractivity contribution in [3.63, 3.8) is 0 Å². The maximum absolute atomic E-state index is 11.3. The molecule has 0 saturated heterocycles. The fourth-order valence-electron chi connectivity index (χ4n) is 1.50.